The number of piperidine rings is 1. The van der Waals surface area contributed by atoms with E-state index in [9.17, 15) is 23.5 Å². The number of benzene rings is 1. The molecule has 0 bridgehead atoms. The van der Waals surface area contributed by atoms with E-state index in [0.29, 0.717) is 44.6 Å². The third-order valence-electron chi connectivity index (χ3n) is 5.55. The van der Waals surface area contributed by atoms with Gasteiger partial charge in [-0.05, 0) is 31.4 Å². The smallest absolute Gasteiger partial charge is 0.269 e. The number of β-amino-alcohol motifs (C(OH)–C–C–N with tert-alkyl or cyclic N) is 1. The van der Waals surface area contributed by atoms with Crippen LogP contribution in [0.4, 0.5) is 14.5 Å². The van der Waals surface area contributed by atoms with Gasteiger partial charge in [-0.2, -0.15) is 5.10 Å². The van der Waals surface area contributed by atoms with Crippen LogP contribution in [0.1, 0.15) is 35.7 Å². The number of hydrogen-bond donors (Lipinski definition) is 1. The summed E-state index contributed by atoms with van der Waals surface area (Å²) in [5.41, 5.74) is -0.225. The standard InChI is InChI=1S/C20H22F2N4O3/c21-16-4-1-5-17(22)19(16)20(29)25-7-2-3-13(11-25)26-18(28)9-14(10-23-26)24-8-6-15(27)12-24/h1,4-5,9-10,13,15,27H,2-3,6-8,11-12H2/t13-,15+/m1/s1. The zero-order valence-corrected chi connectivity index (χ0v) is 15.8. The maximum absolute atomic E-state index is 14.0. The lowest BCUT2D eigenvalue weighted by Gasteiger charge is -2.33. The third kappa shape index (κ3) is 3.87. The number of aromatic nitrogens is 2. The van der Waals surface area contributed by atoms with E-state index < -0.39 is 29.2 Å². The van der Waals surface area contributed by atoms with Crippen LogP contribution in [0.15, 0.2) is 35.3 Å². The molecular formula is C20H22F2N4O3. The Labute approximate surface area is 166 Å². The highest BCUT2D eigenvalue weighted by molar-refractivity contribution is 5.94. The Hall–Kier alpha value is -2.81. The number of likely N-dealkylation sites (tertiary alicyclic amines) is 1. The minimum absolute atomic E-state index is 0.154. The van der Waals surface area contributed by atoms with Crippen LogP contribution in [0.5, 0.6) is 0 Å². The van der Waals surface area contributed by atoms with Gasteiger partial charge in [-0.25, -0.2) is 13.5 Å². The Morgan fingerprint density at radius 1 is 1.14 bits per heavy atom. The lowest BCUT2D eigenvalue weighted by molar-refractivity contribution is 0.0660. The summed E-state index contributed by atoms with van der Waals surface area (Å²) in [6.07, 6.45) is 3.06. The van der Waals surface area contributed by atoms with Crippen molar-refractivity contribution in [2.24, 2.45) is 0 Å². The van der Waals surface area contributed by atoms with Crippen molar-refractivity contribution in [3.05, 3.63) is 58.0 Å². The molecule has 9 heteroatoms. The van der Waals surface area contributed by atoms with Crippen LogP contribution in [0.3, 0.4) is 0 Å². The van der Waals surface area contributed by atoms with E-state index in [-0.39, 0.29) is 18.1 Å². The molecule has 1 N–H and O–H groups in total. The van der Waals surface area contributed by atoms with Gasteiger partial charge in [0.05, 0.1) is 24.0 Å². The summed E-state index contributed by atoms with van der Waals surface area (Å²) in [5, 5.41) is 13.9. The predicted octanol–water partition coefficient (Wildman–Crippen LogP) is 1.57. The van der Waals surface area contributed by atoms with Gasteiger partial charge in [0.25, 0.3) is 11.5 Å². The molecule has 154 valence electrons. The lowest BCUT2D eigenvalue weighted by Crippen LogP contribution is -2.44. The van der Waals surface area contributed by atoms with Crippen LogP contribution >= 0.6 is 0 Å². The second kappa shape index (κ2) is 7.90. The van der Waals surface area contributed by atoms with Crippen LogP contribution in [0.25, 0.3) is 0 Å². The number of rotatable bonds is 3. The molecule has 0 unspecified atom stereocenters. The molecule has 0 radical (unpaired) electrons. The van der Waals surface area contributed by atoms with Crippen LogP contribution in [0.2, 0.25) is 0 Å². The molecule has 2 atom stereocenters. The first-order valence-corrected chi connectivity index (χ1v) is 9.69. The quantitative estimate of drug-likeness (QED) is 0.840. The summed E-state index contributed by atoms with van der Waals surface area (Å²) in [6.45, 7) is 1.64. The fraction of sp³-hybridized carbons (Fsp3) is 0.450. The Morgan fingerprint density at radius 3 is 2.55 bits per heavy atom. The summed E-state index contributed by atoms with van der Waals surface area (Å²) in [7, 11) is 0. The SMILES string of the molecule is O=C(c1c(F)cccc1F)N1CCC[C@@H](n2ncc(N3CC[C@H](O)C3)cc2=O)C1. The van der Waals surface area contributed by atoms with E-state index in [1.54, 1.807) is 6.20 Å². The van der Waals surface area contributed by atoms with Gasteiger partial charge in [0.1, 0.15) is 17.2 Å². The molecule has 2 aliphatic rings. The largest absolute Gasteiger partial charge is 0.391 e. The van der Waals surface area contributed by atoms with E-state index in [4.69, 9.17) is 0 Å². The Kier molecular flexibility index (Phi) is 5.31. The summed E-state index contributed by atoms with van der Waals surface area (Å²) >= 11 is 0. The Morgan fingerprint density at radius 2 is 1.90 bits per heavy atom. The number of anilines is 1. The minimum atomic E-state index is -0.899. The van der Waals surface area contributed by atoms with Gasteiger partial charge in [-0.15, -0.1) is 0 Å². The van der Waals surface area contributed by atoms with Crippen molar-refractivity contribution in [3.63, 3.8) is 0 Å². The summed E-state index contributed by atoms with van der Waals surface area (Å²) in [6, 6.07) is 4.43. The minimum Gasteiger partial charge on any atom is -0.391 e. The second-order valence-electron chi connectivity index (χ2n) is 7.53. The van der Waals surface area contributed by atoms with Crippen molar-refractivity contribution in [2.45, 2.75) is 31.4 Å². The monoisotopic (exact) mass is 404 g/mol. The first kappa shape index (κ1) is 19.5. The van der Waals surface area contributed by atoms with Gasteiger partial charge in [-0.3, -0.25) is 9.59 Å². The molecule has 1 aromatic heterocycles. The molecular weight excluding hydrogens is 382 g/mol. The molecule has 2 aromatic rings. The molecule has 0 spiro atoms. The number of carbonyl (C=O) groups is 1. The molecule has 0 aliphatic carbocycles. The van der Waals surface area contributed by atoms with Crippen LogP contribution in [0, 0.1) is 11.6 Å². The molecule has 29 heavy (non-hydrogen) atoms. The van der Waals surface area contributed by atoms with Crippen molar-refractivity contribution < 1.29 is 18.7 Å². The zero-order chi connectivity index (χ0) is 20.5. The number of halogens is 2. The second-order valence-corrected chi connectivity index (χ2v) is 7.53. The van der Waals surface area contributed by atoms with E-state index in [1.165, 1.54) is 21.7 Å². The third-order valence-corrected chi connectivity index (χ3v) is 5.55. The van der Waals surface area contributed by atoms with Gasteiger partial charge >= 0.3 is 0 Å². The van der Waals surface area contributed by atoms with Crippen LogP contribution in [-0.2, 0) is 0 Å². The molecule has 2 saturated heterocycles. The van der Waals surface area contributed by atoms with Gasteiger partial charge in [0.2, 0.25) is 0 Å². The molecule has 2 aliphatic heterocycles. The highest BCUT2D eigenvalue weighted by Gasteiger charge is 2.30. The van der Waals surface area contributed by atoms with Crippen molar-refractivity contribution in [1.82, 2.24) is 14.7 Å². The fourth-order valence-corrected chi connectivity index (χ4v) is 4.03. The molecule has 3 heterocycles. The zero-order valence-electron chi connectivity index (χ0n) is 15.8. The average molecular weight is 404 g/mol. The first-order chi connectivity index (χ1) is 13.9. The van der Waals surface area contributed by atoms with Gasteiger partial charge in [0.15, 0.2) is 0 Å². The predicted molar refractivity (Wildman–Crippen MR) is 102 cm³/mol. The van der Waals surface area contributed by atoms with Crippen LogP contribution in [-0.4, -0.2) is 58.0 Å². The van der Waals surface area contributed by atoms with Crippen molar-refractivity contribution in [2.75, 3.05) is 31.1 Å². The molecule has 2 fully saturated rings. The molecule has 1 aromatic carbocycles. The average Bonchev–Trinajstić information content (AvgIpc) is 3.14. The number of amides is 1. The molecule has 1 amide bonds. The molecule has 7 nitrogen and oxygen atoms in total. The van der Waals surface area contributed by atoms with Gasteiger partial charge in [-0.1, -0.05) is 6.07 Å². The lowest BCUT2D eigenvalue weighted by atomic mass is 10.0. The van der Waals surface area contributed by atoms with Crippen molar-refractivity contribution in [3.8, 4) is 0 Å². The van der Waals surface area contributed by atoms with Gasteiger partial charge in [0, 0.05) is 32.2 Å². The number of carbonyl (C=O) groups excluding carboxylic acids is 1. The number of aliphatic hydroxyl groups excluding tert-OH is 1. The Bertz CT molecular complexity index is 960. The Balaban J connectivity index is 1.53. The van der Waals surface area contributed by atoms with E-state index >= 15 is 0 Å². The summed E-state index contributed by atoms with van der Waals surface area (Å²) in [5.74, 6) is -2.52. The maximum Gasteiger partial charge on any atom is 0.269 e. The van der Waals surface area contributed by atoms with E-state index in [0.717, 1.165) is 12.1 Å². The highest BCUT2D eigenvalue weighted by Crippen LogP contribution is 2.24. The normalized spacial score (nSPS) is 22.2. The highest BCUT2D eigenvalue weighted by atomic mass is 19.1. The maximum atomic E-state index is 14.0. The van der Waals surface area contributed by atoms with E-state index in [2.05, 4.69) is 5.10 Å². The van der Waals surface area contributed by atoms with E-state index in [1.807, 2.05) is 4.90 Å². The van der Waals surface area contributed by atoms with Gasteiger partial charge < -0.3 is 14.9 Å². The fourth-order valence-electron chi connectivity index (χ4n) is 4.03. The number of aliphatic hydroxyl groups is 1. The number of nitrogens with zero attached hydrogens (tertiary/aromatic N) is 4. The summed E-state index contributed by atoms with van der Waals surface area (Å²) < 4.78 is 29.3. The van der Waals surface area contributed by atoms with Crippen LogP contribution < -0.4 is 10.5 Å². The summed E-state index contributed by atoms with van der Waals surface area (Å²) in [4.78, 5) is 28.6. The first-order valence-electron chi connectivity index (χ1n) is 9.69. The topological polar surface area (TPSA) is 78.7 Å². The number of hydrogen-bond acceptors (Lipinski definition) is 5. The van der Waals surface area contributed by atoms with Crippen molar-refractivity contribution in [1.29, 1.82) is 0 Å². The van der Waals surface area contributed by atoms with Crippen molar-refractivity contribution >= 4 is 11.6 Å². The molecule has 0 saturated carbocycles. The molecule has 4 rings (SSSR count).